The minimum atomic E-state index is 0.397. The van der Waals surface area contributed by atoms with E-state index >= 15 is 0 Å². The van der Waals surface area contributed by atoms with E-state index in [0.717, 1.165) is 19.5 Å². The van der Waals surface area contributed by atoms with Crippen molar-refractivity contribution in [1.29, 1.82) is 5.26 Å². The highest BCUT2D eigenvalue weighted by atomic mass is 15.2. The fourth-order valence-corrected chi connectivity index (χ4v) is 1.91. The molecule has 48 valence electrons. The fraction of sp³-hybridized carbons (Fsp3) is 0.857. The Hall–Kier alpha value is -0.550. The standard InChI is InChI=1S/C7H10N2/c1-9-4-7(5-9)2-6(7)3-8/h6H,2,4-5H2,1H3. The third-order valence-corrected chi connectivity index (χ3v) is 2.52. The zero-order valence-electron chi connectivity index (χ0n) is 5.59. The van der Waals surface area contributed by atoms with Gasteiger partial charge in [0.1, 0.15) is 0 Å². The summed E-state index contributed by atoms with van der Waals surface area (Å²) in [5.74, 6) is 0.397. The Balaban J connectivity index is 1.98. The molecule has 1 heterocycles. The lowest BCUT2D eigenvalue weighted by atomic mass is 9.95. The SMILES string of the molecule is CN1CC2(CC2C#N)C1. The minimum Gasteiger partial charge on any atom is -0.305 e. The van der Waals surface area contributed by atoms with E-state index in [-0.39, 0.29) is 0 Å². The van der Waals surface area contributed by atoms with Crippen LogP contribution >= 0.6 is 0 Å². The quantitative estimate of drug-likeness (QED) is 0.466. The van der Waals surface area contributed by atoms with Gasteiger partial charge in [0, 0.05) is 18.5 Å². The number of hydrogen-bond acceptors (Lipinski definition) is 2. The van der Waals surface area contributed by atoms with E-state index < -0.39 is 0 Å². The van der Waals surface area contributed by atoms with Gasteiger partial charge in [-0.2, -0.15) is 5.26 Å². The summed E-state index contributed by atoms with van der Waals surface area (Å²) in [6.45, 7) is 2.32. The van der Waals surface area contributed by atoms with Crippen molar-refractivity contribution in [3.63, 3.8) is 0 Å². The van der Waals surface area contributed by atoms with Gasteiger partial charge in [0.2, 0.25) is 0 Å². The molecule has 0 aromatic carbocycles. The maximum atomic E-state index is 8.52. The molecule has 0 amide bonds. The van der Waals surface area contributed by atoms with Crippen LogP contribution in [0.25, 0.3) is 0 Å². The van der Waals surface area contributed by atoms with Crippen molar-refractivity contribution in [3.8, 4) is 6.07 Å². The molecule has 1 aliphatic heterocycles. The first-order valence-electron chi connectivity index (χ1n) is 3.35. The van der Waals surface area contributed by atoms with E-state index in [1.54, 1.807) is 0 Å². The lowest BCUT2D eigenvalue weighted by molar-refractivity contribution is 0.106. The molecule has 0 radical (unpaired) electrons. The smallest absolute Gasteiger partial charge is 0.0662 e. The zero-order valence-corrected chi connectivity index (χ0v) is 5.59. The molecule has 1 saturated carbocycles. The summed E-state index contributed by atoms with van der Waals surface area (Å²) in [5, 5.41) is 8.52. The lowest BCUT2D eigenvalue weighted by Crippen LogP contribution is -2.46. The van der Waals surface area contributed by atoms with Crippen LogP contribution in [0.15, 0.2) is 0 Å². The Morgan fingerprint density at radius 1 is 1.67 bits per heavy atom. The lowest BCUT2D eigenvalue weighted by Gasteiger charge is -2.36. The highest BCUT2D eigenvalue weighted by Gasteiger charge is 2.60. The highest BCUT2D eigenvalue weighted by Crippen LogP contribution is 2.57. The Kier molecular flexibility index (Phi) is 0.758. The van der Waals surface area contributed by atoms with Gasteiger partial charge in [-0.1, -0.05) is 0 Å². The number of nitriles is 1. The van der Waals surface area contributed by atoms with Crippen molar-refractivity contribution < 1.29 is 0 Å². The maximum absolute atomic E-state index is 8.52. The van der Waals surface area contributed by atoms with Gasteiger partial charge < -0.3 is 4.90 Å². The van der Waals surface area contributed by atoms with Crippen molar-refractivity contribution in [2.45, 2.75) is 6.42 Å². The van der Waals surface area contributed by atoms with Crippen molar-refractivity contribution in [2.75, 3.05) is 20.1 Å². The summed E-state index contributed by atoms with van der Waals surface area (Å²) in [7, 11) is 2.11. The summed E-state index contributed by atoms with van der Waals surface area (Å²) >= 11 is 0. The van der Waals surface area contributed by atoms with E-state index in [1.807, 2.05) is 0 Å². The molecule has 1 atom stereocenters. The molecule has 2 heteroatoms. The van der Waals surface area contributed by atoms with Crippen LogP contribution < -0.4 is 0 Å². The van der Waals surface area contributed by atoms with E-state index in [9.17, 15) is 0 Å². The molecule has 0 bridgehead atoms. The van der Waals surface area contributed by atoms with Crippen LogP contribution in [0.4, 0.5) is 0 Å². The third-order valence-electron chi connectivity index (χ3n) is 2.52. The van der Waals surface area contributed by atoms with Crippen LogP contribution in [-0.2, 0) is 0 Å². The van der Waals surface area contributed by atoms with Crippen molar-refractivity contribution in [2.24, 2.45) is 11.3 Å². The molecule has 1 spiro atoms. The molecule has 1 saturated heterocycles. The van der Waals surface area contributed by atoms with Gasteiger partial charge in [-0.15, -0.1) is 0 Å². The second kappa shape index (κ2) is 1.30. The monoisotopic (exact) mass is 122 g/mol. The Morgan fingerprint density at radius 3 is 2.67 bits per heavy atom. The third kappa shape index (κ3) is 0.529. The molecule has 2 rings (SSSR count). The normalized spacial score (nSPS) is 37.6. The van der Waals surface area contributed by atoms with Crippen LogP contribution in [0, 0.1) is 22.7 Å². The maximum Gasteiger partial charge on any atom is 0.0662 e. The van der Waals surface area contributed by atoms with Crippen molar-refractivity contribution >= 4 is 0 Å². The molecule has 0 aromatic rings. The van der Waals surface area contributed by atoms with Gasteiger partial charge in [-0.05, 0) is 13.5 Å². The van der Waals surface area contributed by atoms with Crippen LogP contribution in [-0.4, -0.2) is 25.0 Å². The summed E-state index contributed by atoms with van der Waals surface area (Å²) < 4.78 is 0. The molecule has 1 unspecified atom stereocenters. The molecule has 2 fully saturated rings. The number of likely N-dealkylation sites (tertiary alicyclic amines) is 1. The second-order valence-electron chi connectivity index (χ2n) is 3.42. The highest BCUT2D eigenvalue weighted by molar-refractivity contribution is 5.18. The van der Waals surface area contributed by atoms with Gasteiger partial charge in [-0.3, -0.25) is 0 Å². The largest absolute Gasteiger partial charge is 0.305 e. The topological polar surface area (TPSA) is 27.0 Å². The predicted octanol–water partition coefficient (Wildman–Crippen LogP) is 0.462. The second-order valence-corrected chi connectivity index (χ2v) is 3.42. The Labute approximate surface area is 55.1 Å². The molecule has 0 aromatic heterocycles. The molecule has 2 nitrogen and oxygen atoms in total. The molecule has 9 heavy (non-hydrogen) atoms. The molecule has 1 aliphatic carbocycles. The van der Waals surface area contributed by atoms with E-state index in [1.165, 1.54) is 0 Å². The fourth-order valence-electron chi connectivity index (χ4n) is 1.91. The average molecular weight is 122 g/mol. The van der Waals surface area contributed by atoms with Crippen molar-refractivity contribution in [1.82, 2.24) is 4.90 Å². The van der Waals surface area contributed by atoms with Crippen LogP contribution in [0.2, 0.25) is 0 Å². The first-order valence-corrected chi connectivity index (χ1v) is 3.35. The number of hydrogen-bond donors (Lipinski definition) is 0. The Bertz CT molecular complexity index is 174. The van der Waals surface area contributed by atoms with Crippen LogP contribution in [0.3, 0.4) is 0 Å². The van der Waals surface area contributed by atoms with E-state index in [0.29, 0.717) is 11.3 Å². The van der Waals surface area contributed by atoms with Crippen LogP contribution in [0.5, 0.6) is 0 Å². The van der Waals surface area contributed by atoms with Gasteiger partial charge in [0.15, 0.2) is 0 Å². The molecule has 2 aliphatic rings. The van der Waals surface area contributed by atoms with Gasteiger partial charge in [-0.25, -0.2) is 0 Å². The molecular formula is C7H10N2. The average Bonchev–Trinajstić information content (AvgIpc) is 2.41. The zero-order chi connectivity index (χ0) is 6.48. The summed E-state index contributed by atoms with van der Waals surface area (Å²) in [5.41, 5.74) is 0.476. The van der Waals surface area contributed by atoms with Gasteiger partial charge in [0.25, 0.3) is 0 Å². The first-order chi connectivity index (χ1) is 4.27. The predicted molar refractivity (Wildman–Crippen MR) is 33.6 cm³/mol. The summed E-state index contributed by atoms with van der Waals surface area (Å²) in [6.07, 6.45) is 1.16. The minimum absolute atomic E-state index is 0.397. The van der Waals surface area contributed by atoms with Gasteiger partial charge in [0.05, 0.1) is 12.0 Å². The summed E-state index contributed by atoms with van der Waals surface area (Å²) in [4.78, 5) is 2.28. The summed E-state index contributed by atoms with van der Waals surface area (Å²) in [6, 6.07) is 2.33. The first kappa shape index (κ1) is 5.25. The molecular weight excluding hydrogens is 112 g/mol. The number of rotatable bonds is 0. The van der Waals surface area contributed by atoms with Gasteiger partial charge >= 0.3 is 0 Å². The van der Waals surface area contributed by atoms with E-state index in [4.69, 9.17) is 5.26 Å². The van der Waals surface area contributed by atoms with Crippen LogP contribution in [0.1, 0.15) is 6.42 Å². The number of nitrogens with zero attached hydrogens (tertiary/aromatic N) is 2. The molecule has 0 N–H and O–H groups in total. The van der Waals surface area contributed by atoms with Crippen molar-refractivity contribution in [3.05, 3.63) is 0 Å². The Morgan fingerprint density at radius 2 is 2.33 bits per heavy atom. The van der Waals surface area contributed by atoms with E-state index in [2.05, 4.69) is 18.0 Å².